The quantitative estimate of drug-likeness (QED) is 0.577. The molecule has 0 aliphatic rings. The third kappa shape index (κ3) is 3.17. The van der Waals surface area contributed by atoms with Gasteiger partial charge in [0.2, 0.25) is 0 Å². The molecule has 0 spiro atoms. The fourth-order valence-corrected chi connectivity index (χ4v) is 2.31. The summed E-state index contributed by atoms with van der Waals surface area (Å²) in [6.07, 6.45) is 0.592. The van der Waals surface area contributed by atoms with Crippen LogP contribution in [0, 0.1) is 25.2 Å². The first-order chi connectivity index (χ1) is 7.19. The highest BCUT2D eigenvalue weighted by Gasteiger charge is 2.04. The predicted octanol–water partition coefficient (Wildman–Crippen LogP) is 3.32. The Labute approximate surface area is 95.3 Å². The van der Waals surface area contributed by atoms with Crippen molar-refractivity contribution in [1.29, 1.82) is 5.26 Å². The Morgan fingerprint density at radius 1 is 1.33 bits per heavy atom. The summed E-state index contributed by atoms with van der Waals surface area (Å²) in [5, 5.41) is 8.47. The van der Waals surface area contributed by atoms with Gasteiger partial charge in [0.1, 0.15) is 5.75 Å². The number of methoxy groups -OCH3 is 1. The third-order valence-corrected chi connectivity index (χ3v) is 3.32. The van der Waals surface area contributed by atoms with Gasteiger partial charge < -0.3 is 4.74 Å². The van der Waals surface area contributed by atoms with E-state index >= 15 is 0 Å². The van der Waals surface area contributed by atoms with Gasteiger partial charge >= 0.3 is 0 Å². The summed E-state index contributed by atoms with van der Waals surface area (Å²) in [4.78, 5) is 1.24. The fourth-order valence-electron chi connectivity index (χ4n) is 1.35. The van der Waals surface area contributed by atoms with Crippen molar-refractivity contribution in [3.63, 3.8) is 0 Å². The van der Waals surface area contributed by atoms with Crippen LogP contribution < -0.4 is 4.74 Å². The van der Waals surface area contributed by atoms with Gasteiger partial charge in [-0.1, -0.05) is 0 Å². The molecule has 0 bridgehead atoms. The normalized spacial score (nSPS) is 9.73. The van der Waals surface area contributed by atoms with E-state index in [9.17, 15) is 0 Å². The lowest BCUT2D eigenvalue weighted by Crippen LogP contribution is -1.90. The average molecular weight is 221 g/mol. The number of rotatable bonds is 4. The van der Waals surface area contributed by atoms with Crippen LogP contribution in [0.1, 0.15) is 17.5 Å². The van der Waals surface area contributed by atoms with Gasteiger partial charge in [0, 0.05) is 17.1 Å². The lowest BCUT2D eigenvalue weighted by atomic mass is 10.1. The van der Waals surface area contributed by atoms with E-state index < -0.39 is 0 Å². The zero-order chi connectivity index (χ0) is 11.3. The Balaban J connectivity index is 2.81. The minimum atomic E-state index is 0.592. The van der Waals surface area contributed by atoms with Crippen molar-refractivity contribution in [2.45, 2.75) is 25.2 Å². The fraction of sp³-hybridized carbons (Fsp3) is 0.417. The van der Waals surface area contributed by atoms with Gasteiger partial charge in [0.05, 0.1) is 13.2 Å². The summed E-state index contributed by atoms with van der Waals surface area (Å²) in [7, 11) is 1.68. The van der Waals surface area contributed by atoms with Crippen molar-refractivity contribution in [2.75, 3.05) is 12.9 Å². The first-order valence-corrected chi connectivity index (χ1v) is 5.82. The average Bonchev–Trinajstić information content (AvgIpc) is 2.23. The lowest BCUT2D eigenvalue weighted by Gasteiger charge is -2.10. The highest BCUT2D eigenvalue weighted by Crippen LogP contribution is 2.29. The topological polar surface area (TPSA) is 33.0 Å². The van der Waals surface area contributed by atoms with Crippen LogP contribution in [0.4, 0.5) is 0 Å². The van der Waals surface area contributed by atoms with E-state index in [0.29, 0.717) is 6.42 Å². The number of nitrogens with zero attached hydrogens (tertiary/aromatic N) is 1. The number of thioether (sulfide) groups is 1. The summed E-state index contributed by atoms with van der Waals surface area (Å²) >= 11 is 1.73. The van der Waals surface area contributed by atoms with Crippen molar-refractivity contribution in [1.82, 2.24) is 0 Å². The molecule has 0 amide bonds. The second-order valence-corrected chi connectivity index (χ2v) is 4.48. The molecule has 0 saturated heterocycles. The van der Waals surface area contributed by atoms with Crippen LogP contribution in [0.3, 0.4) is 0 Å². The zero-order valence-corrected chi connectivity index (χ0v) is 10.1. The van der Waals surface area contributed by atoms with Crippen molar-refractivity contribution in [2.24, 2.45) is 0 Å². The number of hydrogen-bond donors (Lipinski definition) is 0. The Morgan fingerprint density at radius 3 is 2.67 bits per heavy atom. The molecule has 0 aliphatic heterocycles. The molecule has 0 atom stereocenters. The maximum atomic E-state index is 8.47. The van der Waals surface area contributed by atoms with Crippen molar-refractivity contribution < 1.29 is 4.74 Å². The van der Waals surface area contributed by atoms with Gasteiger partial charge in [-0.3, -0.25) is 0 Å². The first-order valence-electron chi connectivity index (χ1n) is 4.84. The minimum Gasteiger partial charge on any atom is -0.496 e. The van der Waals surface area contributed by atoms with Crippen LogP contribution in [-0.4, -0.2) is 12.9 Å². The molecule has 0 heterocycles. The summed E-state index contributed by atoms with van der Waals surface area (Å²) in [6, 6.07) is 6.32. The Hall–Kier alpha value is -1.14. The van der Waals surface area contributed by atoms with Gasteiger partial charge in [-0.05, 0) is 37.1 Å². The van der Waals surface area contributed by atoms with Gasteiger partial charge in [-0.25, -0.2) is 0 Å². The molecule has 15 heavy (non-hydrogen) atoms. The van der Waals surface area contributed by atoms with Crippen molar-refractivity contribution in [3.8, 4) is 11.8 Å². The highest BCUT2D eigenvalue weighted by molar-refractivity contribution is 7.99. The van der Waals surface area contributed by atoms with E-state index in [-0.39, 0.29) is 0 Å². The summed E-state index contributed by atoms with van der Waals surface area (Å²) in [5.41, 5.74) is 2.35. The van der Waals surface area contributed by atoms with Gasteiger partial charge in [0.15, 0.2) is 0 Å². The second kappa shape index (κ2) is 5.67. The summed E-state index contributed by atoms with van der Waals surface area (Å²) in [6.45, 7) is 4.10. The molecule has 0 saturated carbocycles. The number of ether oxygens (including phenoxy) is 1. The van der Waals surface area contributed by atoms with E-state index in [1.54, 1.807) is 18.9 Å². The molecular weight excluding hydrogens is 206 g/mol. The SMILES string of the molecule is COc1cc(C)c(SCCC#N)cc1C. The molecule has 0 aliphatic carbocycles. The van der Waals surface area contributed by atoms with Crippen molar-refractivity contribution in [3.05, 3.63) is 23.3 Å². The maximum absolute atomic E-state index is 8.47. The third-order valence-electron chi connectivity index (χ3n) is 2.16. The molecule has 80 valence electrons. The molecule has 1 aromatic rings. The molecule has 1 aromatic carbocycles. The van der Waals surface area contributed by atoms with Crippen LogP contribution in [0.25, 0.3) is 0 Å². The lowest BCUT2D eigenvalue weighted by molar-refractivity contribution is 0.411. The van der Waals surface area contributed by atoms with Crippen LogP contribution in [0.5, 0.6) is 5.75 Å². The Kier molecular flexibility index (Phi) is 4.51. The Bertz CT molecular complexity index is 382. The van der Waals surface area contributed by atoms with Crippen LogP contribution >= 0.6 is 11.8 Å². The number of aryl methyl sites for hydroxylation is 2. The predicted molar refractivity (Wildman–Crippen MR) is 63.4 cm³/mol. The van der Waals surface area contributed by atoms with E-state index in [0.717, 1.165) is 17.1 Å². The van der Waals surface area contributed by atoms with Crippen LogP contribution in [-0.2, 0) is 0 Å². The number of hydrogen-bond acceptors (Lipinski definition) is 3. The monoisotopic (exact) mass is 221 g/mol. The molecule has 3 heteroatoms. The van der Waals surface area contributed by atoms with Gasteiger partial charge in [0.25, 0.3) is 0 Å². The molecule has 0 fully saturated rings. The molecule has 2 nitrogen and oxygen atoms in total. The number of benzene rings is 1. The maximum Gasteiger partial charge on any atom is 0.122 e. The van der Waals surface area contributed by atoms with E-state index in [2.05, 4.69) is 19.1 Å². The van der Waals surface area contributed by atoms with Gasteiger partial charge in [-0.2, -0.15) is 5.26 Å². The van der Waals surface area contributed by atoms with Crippen molar-refractivity contribution >= 4 is 11.8 Å². The minimum absolute atomic E-state index is 0.592. The first kappa shape index (κ1) is 11.9. The standard InChI is InChI=1S/C12H15NOS/c1-9-8-12(15-6-4-5-13)10(2)7-11(9)14-3/h7-8H,4,6H2,1-3H3. The molecule has 0 unspecified atom stereocenters. The summed E-state index contributed by atoms with van der Waals surface area (Å²) < 4.78 is 5.24. The van der Waals surface area contributed by atoms with E-state index in [1.807, 2.05) is 13.0 Å². The Morgan fingerprint density at radius 2 is 2.07 bits per heavy atom. The summed E-state index contributed by atoms with van der Waals surface area (Å²) in [5.74, 6) is 1.78. The van der Waals surface area contributed by atoms with E-state index in [1.165, 1.54) is 10.5 Å². The van der Waals surface area contributed by atoms with Crippen LogP contribution in [0.2, 0.25) is 0 Å². The second-order valence-electron chi connectivity index (χ2n) is 3.34. The molecule has 0 aromatic heterocycles. The zero-order valence-electron chi connectivity index (χ0n) is 9.33. The molecule has 1 rings (SSSR count). The van der Waals surface area contributed by atoms with Gasteiger partial charge in [-0.15, -0.1) is 11.8 Å². The molecule has 0 N–H and O–H groups in total. The highest BCUT2D eigenvalue weighted by atomic mass is 32.2. The molecular formula is C12H15NOS. The number of nitriles is 1. The molecule has 0 radical (unpaired) electrons. The van der Waals surface area contributed by atoms with Crippen LogP contribution in [0.15, 0.2) is 17.0 Å². The largest absolute Gasteiger partial charge is 0.496 e. The van der Waals surface area contributed by atoms with E-state index in [4.69, 9.17) is 10.00 Å². The smallest absolute Gasteiger partial charge is 0.122 e.